The highest BCUT2D eigenvalue weighted by Gasteiger charge is 2.27. The third-order valence-electron chi connectivity index (χ3n) is 3.32. The Morgan fingerprint density at radius 1 is 1.32 bits per heavy atom. The molecule has 0 aromatic heterocycles. The summed E-state index contributed by atoms with van der Waals surface area (Å²) >= 11 is 5.64. The lowest BCUT2D eigenvalue weighted by Crippen LogP contribution is -2.29. The van der Waals surface area contributed by atoms with Gasteiger partial charge in [-0.05, 0) is 30.9 Å². The maximum absolute atomic E-state index is 13.1. The van der Waals surface area contributed by atoms with E-state index in [0.717, 1.165) is 25.0 Å². The number of halogens is 4. The maximum atomic E-state index is 13.1. The van der Waals surface area contributed by atoms with E-state index in [4.69, 9.17) is 11.6 Å². The molecular weight excluding hydrogens is 279 g/mol. The Balaban J connectivity index is 2.13. The van der Waals surface area contributed by atoms with Crippen LogP contribution in [0.2, 0.25) is 0 Å². The highest BCUT2D eigenvalue weighted by atomic mass is 35.5. The van der Waals surface area contributed by atoms with Gasteiger partial charge in [0.2, 0.25) is 0 Å². The number of carbonyl (C=O) groups is 1. The average molecular weight is 292 g/mol. The van der Waals surface area contributed by atoms with Crippen LogP contribution in [0.3, 0.4) is 0 Å². The Morgan fingerprint density at radius 3 is 2.53 bits per heavy atom. The summed E-state index contributed by atoms with van der Waals surface area (Å²) in [5, 5.41) is 0. The van der Waals surface area contributed by atoms with Crippen LogP contribution in [0, 0.1) is 23.4 Å². The quantitative estimate of drug-likeness (QED) is 0.619. The van der Waals surface area contributed by atoms with Gasteiger partial charge in [0.1, 0.15) is 0 Å². The molecule has 1 atom stereocenters. The summed E-state index contributed by atoms with van der Waals surface area (Å²) in [5.41, 5.74) is -0.164. The van der Waals surface area contributed by atoms with E-state index in [1.54, 1.807) is 0 Å². The number of alkyl halides is 1. The van der Waals surface area contributed by atoms with Crippen molar-refractivity contribution in [2.75, 3.05) is 19.0 Å². The Bertz CT molecular complexity index is 472. The lowest BCUT2D eigenvalue weighted by atomic mass is 10.1. The molecule has 0 radical (unpaired) electrons. The normalized spacial score (nSPS) is 18.9. The van der Waals surface area contributed by atoms with Gasteiger partial charge in [-0.25, -0.2) is 13.2 Å². The maximum Gasteiger partial charge on any atom is 0.254 e. The molecule has 1 saturated heterocycles. The van der Waals surface area contributed by atoms with Gasteiger partial charge in [0.25, 0.3) is 5.91 Å². The van der Waals surface area contributed by atoms with Gasteiger partial charge in [0, 0.05) is 24.5 Å². The van der Waals surface area contributed by atoms with Crippen LogP contribution in [-0.2, 0) is 0 Å². The highest BCUT2D eigenvalue weighted by Crippen LogP contribution is 2.23. The fourth-order valence-electron chi connectivity index (χ4n) is 2.27. The van der Waals surface area contributed by atoms with E-state index in [9.17, 15) is 18.0 Å². The van der Waals surface area contributed by atoms with Crippen LogP contribution < -0.4 is 0 Å². The second-order valence-corrected chi connectivity index (χ2v) is 5.02. The van der Waals surface area contributed by atoms with Crippen LogP contribution in [0.4, 0.5) is 13.2 Å². The molecule has 0 aliphatic carbocycles. The Hall–Kier alpha value is -1.23. The molecule has 0 N–H and O–H groups in total. The third-order valence-corrected chi connectivity index (χ3v) is 3.54. The van der Waals surface area contributed by atoms with Crippen LogP contribution in [0.5, 0.6) is 0 Å². The molecule has 19 heavy (non-hydrogen) atoms. The molecule has 1 heterocycles. The largest absolute Gasteiger partial charge is 0.338 e. The molecule has 1 aliphatic rings. The van der Waals surface area contributed by atoms with Gasteiger partial charge < -0.3 is 4.90 Å². The molecule has 6 heteroatoms. The zero-order valence-corrected chi connectivity index (χ0v) is 10.9. The first kappa shape index (κ1) is 14.2. The smallest absolute Gasteiger partial charge is 0.254 e. The van der Waals surface area contributed by atoms with Gasteiger partial charge in [-0.3, -0.25) is 4.79 Å². The van der Waals surface area contributed by atoms with Crippen LogP contribution in [-0.4, -0.2) is 29.8 Å². The number of carbonyl (C=O) groups excluding carboxylic acids is 1. The first-order valence-electron chi connectivity index (χ1n) is 6.02. The number of nitrogens with zero attached hydrogens (tertiary/aromatic N) is 1. The fourth-order valence-corrected chi connectivity index (χ4v) is 2.58. The molecular formula is C13H13ClF3NO. The average Bonchev–Trinajstić information content (AvgIpc) is 2.83. The van der Waals surface area contributed by atoms with E-state index in [-0.39, 0.29) is 5.56 Å². The first-order chi connectivity index (χ1) is 9.02. The molecule has 0 spiro atoms. The Morgan fingerprint density at radius 2 is 1.95 bits per heavy atom. The molecule has 1 unspecified atom stereocenters. The molecule has 1 aliphatic heterocycles. The second kappa shape index (κ2) is 5.82. The lowest BCUT2D eigenvalue weighted by Gasteiger charge is -2.16. The topological polar surface area (TPSA) is 20.3 Å². The minimum Gasteiger partial charge on any atom is -0.338 e. The lowest BCUT2D eigenvalue weighted by molar-refractivity contribution is 0.0785. The van der Waals surface area contributed by atoms with Gasteiger partial charge >= 0.3 is 0 Å². The van der Waals surface area contributed by atoms with Crippen LogP contribution in [0.25, 0.3) is 0 Å². The molecule has 0 bridgehead atoms. The molecule has 1 aromatic rings. The Labute approximate surface area is 114 Å². The van der Waals surface area contributed by atoms with Crippen molar-refractivity contribution in [2.45, 2.75) is 12.8 Å². The van der Waals surface area contributed by atoms with E-state index >= 15 is 0 Å². The van der Waals surface area contributed by atoms with E-state index in [2.05, 4.69) is 0 Å². The van der Waals surface area contributed by atoms with E-state index in [1.807, 2.05) is 0 Å². The zero-order valence-electron chi connectivity index (χ0n) is 10.1. The van der Waals surface area contributed by atoms with E-state index < -0.39 is 23.4 Å². The van der Waals surface area contributed by atoms with Gasteiger partial charge in [0.05, 0.1) is 0 Å². The Kier molecular flexibility index (Phi) is 4.34. The SMILES string of the molecule is O=C(c1cc(F)c(F)c(F)c1)N1CCC(CCCl)C1. The van der Waals surface area contributed by atoms with Crippen molar-refractivity contribution < 1.29 is 18.0 Å². The second-order valence-electron chi connectivity index (χ2n) is 4.64. The number of amides is 1. The van der Waals surface area contributed by atoms with Crippen LogP contribution >= 0.6 is 11.6 Å². The monoisotopic (exact) mass is 291 g/mol. The van der Waals surface area contributed by atoms with Crippen molar-refractivity contribution in [2.24, 2.45) is 5.92 Å². The van der Waals surface area contributed by atoms with Crippen molar-refractivity contribution in [1.82, 2.24) is 4.90 Å². The fraction of sp³-hybridized carbons (Fsp3) is 0.462. The summed E-state index contributed by atoms with van der Waals surface area (Å²) in [4.78, 5) is 13.6. The third kappa shape index (κ3) is 3.03. The summed E-state index contributed by atoms with van der Waals surface area (Å²) in [6.45, 7) is 1.05. The summed E-state index contributed by atoms with van der Waals surface area (Å²) in [6.07, 6.45) is 1.63. The van der Waals surface area contributed by atoms with Crippen molar-refractivity contribution in [1.29, 1.82) is 0 Å². The molecule has 104 valence electrons. The molecule has 2 nitrogen and oxygen atoms in total. The van der Waals surface area contributed by atoms with Gasteiger partial charge in [0.15, 0.2) is 17.5 Å². The van der Waals surface area contributed by atoms with Crippen LogP contribution in [0.1, 0.15) is 23.2 Å². The van der Waals surface area contributed by atoms with Crippen molar-refractivity contribution in [3.63, 3.8) is 0 Å². The van der Waals surface area contributed by atoms with Crippen LogP contribution in [0.15, 0.2) is 12.1 Å². The standard InChI is InChI=1S/C13H13ClF3NO/c14-3-1-8-2-4-18(7-8)13(19)9-5-10(15)12(17)11(16)6-9/h5-6,8H,1-4,7H2. The summed E-state index contributed by atoms with van der Waals surface area (Å²) in [7, 11) is 0. The van der Waals surface area contributed by atoms with E-state index in [1.165, 1.54) is 4.90 Å². The van der Waals surface area contributed by atoms with Gasteiger partial charge in [-0.2, -0.15) is 0 Å². The van der Waals surface area contributed by atoms with Gasteiger partial charge in [-0.15, -0.1) is 11.6 Å². The molecule has 0 saturated carbocycles. The predicted octanol–water partition coefficient (Wildman–Crippen LogP) is 3.19. The molecule has 2 rings (SSSR count). The number of rotatable bonds is 3. The number of hydrogen-bond donors (Lipinski definition) is 0. The van der Waals surface area contributed by atoms with Crippen molar-refractivity contribution in [3.05, 3.63) is 35.1 Å². The van der Waals surface area contributed by atoms with E-state index in [0.29, 0.717) is 24.9 Å². The van der Waals surface area contributed by atoms with Crippen molar-refractivity contribution >= 4 is 17.5 Å². The zero-order chi connectivity index (χ0) is 14.0. The first-order valence-corrected chi connectivity index (χ1v) is 6.56. The minimum atomic E-state index is -1.56. The number of likely N-dealkylation sites (tertiary alicyclic amines) is 1. The molecule has 1 aromatic carbocycles. The predicted molar refractivity (Wildman–Crippen MR) is 65.7 cm³/mol. The highest BCUT2D eigenvalue weighted by molar-refractivity contribution is 6.17. The number of benzene rings is 1. The van der Waals surface area contributed by atoms with Gasteiger partial charge in [-0.1, -0.05) is 0 Å². The number of hydrogen-bond acceptors (Lipinski definition) is 1. The summed E-state index contributed by atoms with van der Waals surface area (Å²) < 4.78 is 39.0. The molecule has 1 fully saturated rings. The minimum absolute atomic E-state index is 0.164. The molecule has 1 amide bonds. The summed E-state index contributed by atoms with van der Waals surface area (Å²) in [5.74, 6) is -3.89. The summed E-state index contributed by atoms with van der Waals surface area (Å²) in [6, 6.07) is 1.46. The van der Waals surface area contributed by atoms with Crippen molar-refractivity contribution in [3.8, 4) is 0 Å².